The number of hydrogen-bond donors (Lipinski definition) is 1. The molecular weight excluding hydrogens is 426 g/mol. The Morgan fingerprint density at radius 2 is 1.53 bits per heavy atom. The molecule has 0 saturated carbocycles. The third-order valence-electron chi connectivity index (χ3n) is 6.89. The molecule has 6 heteroatoms. The zero-order valence-corrected chi connectivity index (χ0v) is 19.1. The number of benzene rings is 3. The summed E-state index contributed by atoms with van der Waals surface area (Å²) in [7, 11) is 0. The molecule has 0 unspecified atom stereocenters. The van der Waals surface area contributed by atoms with Crippen LogP contribution in [0.2, 0.25) is 0 Å². The molecule has 0 aliphatic carbocycles. The van der Waals surface area contributed by atoms with Crippen LogP contribution in [0, 0.1) is 0 Å². The number of urea groups is 1. The van der Waals surface area contributed by atoms with Gasteiger partial charge in [0.1, 0.15) is 0 Å². The highest BCUT2D eigenvalue weighted by atomic mass is 16.2. The Kier molecular flexibility index (Phi) is 5.65. The zero-order chi connectivity index (χ0) is 23.7. The summed E-state index contributed by atoms with van der Waals surface area (Å²) in [6, 6.07) is 25.8. The van der Waals surface area contributed by atoms with E-state index in [0.29, 0.717) is 13.1 Å². The van der Waals surface area contributed by atoms with Crippen LogP contribution >= 0.6 is 0 Å². The van der Waals surface area contributed by atoms with Crippen LogP contribution in [0.15, 0.2) is 84.9 Å². The number of fused-ring (bicyclic) bond motifs is 1. The molecular formula is C28H27N3O3. The first kappa shape index (κ1) is 21.9. The Morgan fingerprint density at radius 1 is 0.912 bits per heavy atom. The van der Waals surface area contributed by atoms with Crippen molar-refractivity contribution in [2.75, 3.05) is 6.54 Å². The SMILES string of the molecule is C[C@H](c1ccccc1)N1C(=O)N[C@](Cc2ccccc2)(C(=O)N2CCc3ccccc3C2)C1=O. The van der Waals surface area contributed by atoms with E-state index in [0.717, 1.165) is 23.1 Å². The van der Waals surface area contributed by atoms with Gasteiger partial charge in [-0.15, -0.1) is 0 Å². The molecule has 5 rings (SSSR count). The van der Waals surface area contributed by atoms with Crippen molar-refractivity contribution in [3.63, 3.8) is 0 Å². The molecule has 4 amide bonds. The van der Waals surface area contributed by atoms with E-state index in [4.69, 9.17) is 0 Å². The van der Waals surface area contributed by atoms with Gasteiger partial charge in [0.25, 0.3) is 11.8 Å². The fourth-order valence-corrected chi connectivity index (χ4v) is 5.01. The first-order chi connectivity index (χ1) is 16.5. The number of imide groups is 1. The van der Waals surface area contributed by atoms with E-state index < -0.39 is 23.5 Å². The summed E-state index contributed by atoms with van der Waals surface area (Å²) in [5, 5.41) is 2.83. The van der Waals surface area contributed by atoms with Gasteiger partial charge in [-0.05, 0) is 35.6 Å². The summed E-state index contributed by atoms with van der Waals surface area (Å²) < 4.78 is 0. The van der Waals surface area contributed by atoms with Gasteiger partial charge in [-0.25, -0.2) is 4.79 Å². The highest BCUT2D eigenvalue weighted by molar-refractivity contribution is 6.20. The minimum atomic E-state index is -1.67. The maximum absolute atomic E-state index is 14.1. The van der Waals surface area contributed by atoms with E-state index in [-0.39, 0.29) is 12.3 Å². The fourth-order valence-electron chi connectivity index (χ4n) is 5.01. The number of amides is 4. The summed E-state index contributed by atoms with van der Waals surface area (Å²) in [4.78, 5) is 44.2. The van der Waals surface area contributed by atoms with Gasteiger partial charge in [0.05, 0.1) is 6.04 Å². The standard InChI is InChI=1S/C28H27N3O3/c1-20(22-12-6-3-7-13-22)31-26(33)28(29-27(31)34,18-21-10-4-2-5-11-21)25(32)30-17-16-23-14-8-9-15-24(23)19-30/h2-15,20H,16-19H2,1H3,(H,29,34)/t20-,28-/m1/s1. The smallest absolute Gasteiger partial charge is 0.326 e. The quantitative estimate of drug-likeness (QED) is 0.471. The minimum Gasteiger partial charge on any atom is -0.336 e. The van der Waals surface area contributed by atoms with Crippen LogP contribution in [0.1, 0.15) is 35.2 Å². The maximum atomic E-state index is 14.1. The molecule has 2 atom stereocenters. The maximum Gasteiger partial charge on any atom is 0.326 e. The van der Waals surface area contributed by atoms with Crippen molar-refractivity contribution in [2.24, 2.45) is 0 Å². The Labute approximate surface area is 199 Å². The van der Waals surface area contributed by atoms with Gasteiger partial charge in [-0.2, -0.15) is 0 Å². The van der Waals surface area contributed by atoms with Crippen LogP contribution in [0.3, 0.4) is 0 Å². The second-order valence-corrected chi connectivity index (χ2v) is 9.01. The molecule has 2 heterocycles. The molecule has 34 heavy (non-hydrogen) atoms. The molecule has 2 aliphatic rings. The predicted octanol–water partition coefficient (Wildman–Crippen LogP) is 3.87. The van der Waals surface area contributed by atoms with Crippen LogP contribution in [-0.4, -0.2) is 39.7 Å². The molecule has 3 aromatic carbocycles. The van der Waals surface area contributed by atoms with Crippen LogP contribution in [-0.2, 0) is 29.0 Å². The Balaban J connectivity index is 1.51. The largest absolute Gasteiger partial charge is 0.336 e. The van der Waals surface area contributed by atoms with Crippen molar-refractivity contribution in [3.8, 4) is 0 Å². The molecule has 0 bridgehead atoms. The van der Waals surface area contributed by atoms with Crippen LogP contribution in [0.25, 0.3) is 0 Å². The number of nitrogens with zero attached hydrogens (tertiary/aromatic N) is 2. The van der Waals surface area contributed by atoms with Gasteiger partial charge < -0.3 is 10.2 Å². The number of rotatable bonds is 5. The van der Waals surface area contributed by atoms with Crippen molar-refractivity contribution >= 4 is 17.8 Å². The second-order valence-electron chi connectivity index (χ2n) is 9.01. The van der Waals surface area contributed by atoms with Crippen LogP contribution in [0.5, 0.6) is 0 Å². The lowest BCUT2D eigenvalue weighted by atomic mass is 9.87. The lowest BCUT2D eigenvalue weighted by Crippen LogP contribution is -2.61. The first-order valence-corrected chi connectivity index (χ1v) is 11.6. The average Bonchev–Trinajstić information content (AvgIpc) is 3.13. The van der Waals surface area contributed by atoms with Gasteiger partial charge >= 0.3 is 6.03 Å². The van der Waals surface area contributed by atoms with Crippen molar-refractivity contribution in [2.45, 2.75) is 37.9 Å². The third kappa shape index (κ3) is 3.75. The normalized spacial score (nSPS) is 20.6. The highest BCUT2D eigenvalue weighted by Gasteiger charge is 2.59. The third-order valence-corrected chi connectivity index (χ3v) is 6.89. The van der Waals surface area contributed by atoms with E-state index in [1.165, 1.54) is 10.5 Å². The van der Waals surface area contributed by atoms with Gasteiger partial charge in [0, 0.05) is 19.5 Å². The monoisotopic (exact) mass is 453 g/mol. The molecule has 0 spiro atoms. The lowest BCUT2D eigenvalue weighted by molar-refractivity contribution is -0.147. The topological polar surface area (TPSA) is 69.7 Å². The Bertz CT molecular complexity index is 1230. The van der Waals surface area contributed by atoms with Gasteiger partial charge in [0.2, 0.25) is 5.54 Å². The zero-order valence-electron chi connectivity index (χ0n) is 19.1. The molecule has 6 nitrogen and oxygen atoms in total. The van der Waals surface area contributed by atoms with E-state index in [1.54, 1.807) is 4.90 Å². The minimum absolute atomic E-state index is 0.105. The van der Waals surface area contributed by atoms with E-state index >= 15 is 0 Å². The molecule has 172 valence electrons. The summed E-state index contributed by atoms with van der Waals surface area (Å²) in [5.41, 5.74) is 2.26. The molecule has 0 aromatic heterocycles. The van der Waals surface area contributed by atoms with Crippen LogP contribution in [0.4, 0.5) is 4.79 Å². The van der Waals surface area contributed by atoms with Crippen molar-refractivity contribution in [1.29, 1.82) is 0 Å². The van der Waals surface area contributed by atoms with Gasteiger partial charge in [0.15, 0.2) is 0 Å². The van der Waals surface area contributed by atoms with Gasteiger partial charge in [-0.3, -0.25) is 14.5 Å². The summed E-state index contributed by atoms with van der Waals surface area (Å²) in [5.74, 6) is -0.853. The fraction of sp³-hybridized carbons (Fsp3) is 0.250. The number of carbonyl (C=O) groups excluding carboxylic acids is 3. The predicted molar refractivity (Wildman–Crippen MR) is 129 cm³/mol. The second kappa shape index (κ2) is 8.78. The highest BCUT2D eigenvalue weighted by Crippen LogP contribution is 2.33. The molecule has 2 aliphatic heterocycles. The molecule has 0 radical (unpaired) electrons. The molecule has 1 fully saturated rings. The Morgan fingerprint density at radius 3 is 2.24 bits per heavy atom. The van der Waals surface area contributed by atoms with Crippen molar-refractivity contribution in [1.82, 2.24) is 15.1 Å². The van der Waals surface area contributed by atoms with E-state index in [9.17, 15) is 14.4 Å². The number of carbonyl (C=O) groups is 3. The Hall–Kier alpha value is -3.93. The molecule has 1 N–H and O–H groups in total. The van der Waals surface area contributed by atoms with E-state index in [2.05, 4.69) is 11.4 Å². The first-order valence-electron chi connectivity index (χ1n) is 11.6. The van der Waals surface area contributed by atoms with Crippen LogP contribution < -0.4 is 5.32 Å². The number of hydrogen-bond acceptors (Lipinski definition) is 3. The van der Waals surface area contributed by atoms with Crippen molar-refractivity contribution in [3.05, 3.63) is 107 Å². The number of nitrogens with one attached hydrogen (secondary N) is 1. The molecule has 3 aromatic rings. The summed E-state index contributed by atoms with van der Waals surface area (Å²) in [6.45, 7) is 2.74. The lowest BCUT2D eigenvalue weighted by Gasteiger charge is -2.36. The summed E-state index contributed by atoms with van der Waals surface area (Å²) >= 11 is 0. The molecule has 1 saturated heterocycles. The van der Waals surface area contributed by atoms with Gasteiger partial charge in [-0.1, -0.05) is 84.9 Å². The van der Waals surface area contributed by atoms with Crippen molar-refractivity contribution < 1.29 is 14.4 Å². The average molecular weight is 454 g/mol. The van der Waals surface area contributed by atoms with E-state index in [1.807, 2.05) is 85.8 Å². The summed E-state index contributed by atoms with van der Waals surface area (Å²) in [6.07, 6.45) is 0.822.